The molecule has 1 aromatic carbocycles. The largest absolute Gasteiger partial charge is 0.490 e. The predicted molar refractivity (Wildman–Crippen MR) is 108 cm³/mol. The summed E-state index contributed by atoms with van der Waals surface area (Å²) < 4.78 is 31.7. The molecule has 2 N–H and O–H groups in total. The van der Waals surface area contributed by atoms with Gasteiger partial charge in [-0.05, 0) is 19.2 Å². The fraction of sp³-hybridized carbons (Fsp3) is 0.400. The van der Waals surface area contributed by atoms with Gasteiger partial charge in [0.15, 0.2) is 0 Å². The molecule has 0 atom stereocenters. The molecule has 0 aliphatic rings. The minimum absolute atomic E-state index is 0.0369. The van der Waals surface area contributed by atoms with Gasteiger partial charge < -0.3 is 10.1 Å². The normalized spacial score (nSPS) is 11.9. The molecule has 3 aromatic rings. The van der Waals surface area contributed by atoms with Crippen molar-refractivity contribution in [2.24, 2.45) is 0 Å². The SMILES string of the molecule is CN(Cc1cnn(-c2ccccc2)n1)Cc1cnc(C(C)(C)C)[nH]1.O=C(O)C(F)(F)F. The van der Waals surface area contributed by atoms with Crippen LogP contribution in [0.1, 0.15) is 38.0 Å². The Morgan fingerprint density at radius 3 is 2.26 bits per heavy atom. The van der Waals surface area contributed by atoms with Gasteiger partial charge in [0.25, 0.3) is 0 Å². The van der Waals surface area contributed by atoms with Gasteiger partial charge in [-0.1, -0.05) is 39.0 Å². The van der Waals surface area contributed by atoms with Gasteiger partial charge in [-0.15, -0.1) is 0 Å². The first-order chi connectivity index (χ1) is 14.4. The highest BCUT2D eigenvalue weighted by Gasteiger charge is 2.38. The van der Waals surface area contributed by atoms with Crippen LogP contribution in [-0.4, -0.2) is 54.2 Å². The molecule has 0 spiro atoms. The summed E-state index contributed by atoms with van der Waals surface area (Å²) in [7, 11) is 2.07. The van der Waals surface area contributed by atoms with E-state index in [0.717, 1.165) is 36.0 Å². The number of nitrogens with one attached hydrogen (secondary N) is 1. The van der Waals surface area contributed by atoms with E-state index in [1.54, 1.807) is 4.80 Å². The highest BCUT2D eigenvalue weighted by atomic mass is 19.4. The van der Waals surface area contributed by atoms with Crippen LogP contribution in [0.3, 0.4) is 0 Å². The molecule has 0 unspecified atom stereocenters. The summed E-state index contributed by atoms with van der Waals surface area (Å²) >= 11 is 0. The number of halogens is 3. The van der Waals surface area contributed by atoms with E-state index in [9.17, 15) is 13.2 Å². The van der Waals surface area contributed by atoms with Crippen molar-refractivity contribution in [1.82, 2.24) is 29.9 Å². The van der Waals surface area contributed by atoms with Crippen molar-refractivity contribution in [3.63, 3.8) is 0 Å². The zero-order chi connectivity index (χ0) is 23.2. The number of aromatic amines is 1. The minimum Gasteiger partial charge on any atom is -0.475 e. The van der Waals surface area contributed by atoms with Crippen LogP contribution in [0.5, 0.6) is 0 Å². The van der Waals surface area contributed by atoms with E-state index in [4.69, 9.17) is 9.90 Å². The second-order valence-electron chi connectivity index (χ2n) is 7.94. The molecule has 8 nitrogen and oxygen atoms in total. The lowest BCUT2D eigenvalue weighted by Gasteiger charge is -2.15. The minimum atomic E-state index is -5.08. The summed E-state index contributed by atoms with van der Waals surface area (Å²) in [5.41, 5.74) is 3.06. The number of H-pyrrole nitrogens is 1. The molecule has 0 fully saturated rings. The number of aliphatic carboxylic acids is 1. The van der Waals surface area contributed by atoms with Gasteiger partial charge in [-0.2, -0.15) is 28.2 Å². The van der Waals surface area contributed by atoms with E-state index < -0.39 is 12.1 Å². The number of alkyl halides is 3. The fourth-order valence-corrected chi connectivity index (χ4v) is 2.50. The molecule has 0 saturated carbocycles. The van der Waals surface area contributed by atoms with E-state index in [0.29, 0.717) is 0 Å². The van der Waals surface area contributed by atoms with Gasteiger partial charge in [0.1, 0.15) is 5.82 Å². The highest BCUT2D eigenvalue weighted by Crippen LogP contribution is 2.19. The standard InChI is InChI=1S/C18H24N6.C2HF3O2/c1-18(2,3)17-19-10-14(21-17)12-23(4)13-15-11-20-24(22-15)16-8-6-5-7-9-16;3-2(4,5)1(6)7/h5-11H,12-13H2,1-4H3,(H,19,21);(H,6,7). The quantitative estimate of drug-likeness (QED) is 0.632. The van der Waals surface area contributed by atoms with Crippen molar-refractivity contribution in [3.8, 4) is 5.69 Å². The number of carboxylic acid groups (broad SMARTS) is 1. The average Bonchev–Trinajstić information content (AvgIpc) is 3.31. The molecular formula is C20H25F3N6O2. The molecule has 2 aromatic heterocycles. The number of aromatic nitrogens is 5. The Hall–Kier alpha value is -3.21. The maximum atomic E-state index is 10.6. The van der Waals surface area contributed by atoms with Crippen LogP contribution in [0.2, 0.25) is 0 Å². The molecular weight excluding hydrogens is 413 g/mol. The van der Waals surface area contributed by atoms with Crippen LogP contribution in [0.15, 0.2) is 42.7 Å². The van der Waals surface area contributed by atoms with Crippen molar-refractivity contribution in [1.29, 1.82) is 0 Å². The molecule has 0 aliphatic heterocycles. The van der Waals surface area contributed by atoms with Crippen LogP contribution in [-0.2, 0) is 23.3 Å². The molecule has 168 valence electrons. The Kier molecular flexibility index (Phi) is 7.55. The fourth-order valence-electron chi connectivity index (χ4n) is 2.50. The molecule has 3 rings (SSSR count). The smallest absolute Gasteiger partial charge is 0.475 e. The monoisotopic (exact) mass is 438 g/mol. The summed E-state index contributed by atoms with van der Waals surface area (Å²) in [5.74, 6) is -1.74. The number of benzene rings is 1. The zero-order valence-corrected chi connectivity index (χ0v) is 17.7. The Labute approximate surface area is 177 Å². The molecule has 0 saturated heterocycles. The lowest BCUT2D eigenvalue weighted by Crippen LogP contribution is -2.21. The van der Waals surface area contributed by atoms with Crippen molar-refractivity contribution >= 4 is 5.97 Å². The number of carboxylic acids is 1. The van der Waals surface area contributed by atoms with Crippen molar-refractivity contribution in [3.05, 3.63) is 59.9 Å². The lowest BCUT2D eigenvalue weighted by atomic mass is 9.96. The number of para-hydroxylation sites is 1. The number of carbonyl (C=O) groups is 1. The summed E-state index contributed by atoms with van der Waals surface area (Å²) in [6.45, 7) is 7.99. The zero-order valence-electron chi connectivity index (χ0n) is 17.7. The van der Waals surface area contributed by atoms with Gasteiger partial charge in [-0.3, -0.25) is 4.90 Å². The van der Waals surface area contributed by atoms with Crippen LogP contribution < -0.4 is 0 Å². The summed E-state index contributed by atoms with van der Waals surface area (Å²) in [6.07, 6.45) is -1.35. The predicted octanol–water partition coefficient (Wildman–Crippen LogP) is 3.55. The summed E-state index contributed by atoms with van der Waals surface area (Å²) in [6, 6.07) is 9.93. The Morgan fingerprint density at radius 2 is 1.74 bits per heavy atom. The summed E-state index contributed by atoms with van der Waals surface area (Å²) in [4.78, 5) is 20.6. The van der Waals surface area contributed by atoms with Gasteiger partial charge in [0.05, 0.1) is 17.6 Å². The van der Waals surface area contributed by atoms with E-state index in [-0.39, 0.29) is 5.41 Å². The topological polar surface area (TPSA) is 99.9 Å². The van der Waals surface area contributed by atoms with Crippen molar-refractivity contribution < 1.29 is 23.1 Å². The Balaban J connectivity index is 0.000000423. The van der Waals surface area contributed by atoms with Gasteiger partial charge in [0.2, 0.25) is 0 Å². The third-order valence-corrected chi connectivity index (χ3v) is 3.98. The van der Waals surface area contributed by atoms with Gasteiger partial charge in [-0.25, -0.2) is 9.78 Å². The second-order valence-corrected chi connectivity index (χ2v) is 7.94. The number of rotatable bonds is 5. The first kappa shape index (κ1) is 24.1. The average molecular weight is 438 g/mol. The third kappa shape index (κ3) is 7.52. The highest BCUT2D eigenvalue weighted by molar-refractivity contribution is 5.73. The van der Waals surface area contributed by atoms with Crippen LogP contribution >= 0.6 is 0 Å². The van der Waals surface area contributed by atoms with Crippen molar-refractivity contribution in [2.75, 3.05) is 7.05 Å². The maximum Gasteiger partial charge on any atom is 0.490 e. The molecule has 11 heteroatoms. The van der Waals surface area contributed by atoms with Crippen LogP contribution in [0.25, 0.3) is 5.69 Å². The van der Waals surface area contributed by atoms with Gasteiger partial charge >= 0.3 is 12.1 Å². The van der Waals surface area contributed by atoms with E-state index in [2.05, 4.69) is 52.9 Å². The molecule has 0 amide bonds. The van der Waals surface area contributed by atoms with Crippen molar-refractivity contribution in [2.45, 2.75) is 45.5 Å². The Morgan fingerprint density at radius 1 is 1.13 bits per heavy atom. The lowest BCUT2D eigenvalue weighted by molar-refractivity contribution is -0.192. The number of hydrogen-bond acceptors (Lipinski definition) is 5. The summed E-state index contributed by atoms with van der Waals surface area (Å²) in [5, 5.41) is 16.0. The number of imidazole rings is 1. The maximum absolute atomic E-state index is 10.6. The van der Waals surface area contributed by atoms with Crippen LogP contribution in [0.4, 0.5) is 13.2 Å². The molecule has 31 heavy (non-hydrogen) atoms. The van der Waals surface area contributed by atoms with Gasteiger partial charge in [0, 0.05) is 30.4 Å². The number of hydrogen-bond donors (Lipinski definition) is 2. The molecule has 0 bridgehead atoms. The van der Waals surface area contributed by atoms with E-state index >= 15 is 0 Å². The second kappa shape index (κ2) is 9.73. The number of nitrogens with zero attached hydrogens (tertiary/aromatic N) is 5. The van der Waals surface area contributed by atoms with E-state index in [1.165, 1.54) is 0 Å². The first-order valence-electron chi connectivity index (χ1n) is 9.36. The molecule has 0 aliphatic carbocycles. The molecule has 2 heterocycles. The first-order valence-corrected chi connectivity index (χ1v) is 9.36. The third-order valence-electron chi connectivity index (χ3n) is 3.98. The Bertz CT molecular complexity index is 977. The van der Waals surface area contributed by atoms with Crippen LogP contribution in [0, 0.1) is 0 Å². The molecule has 0 radical (unpaired) electrons. The van der Waals surface area contributed by atoms with E-state index in [1.807, 2.05) is 42.7 Å².